The van der Waals surface area contributed by atoms with Gasteiger partial charge in [-0.2, -0.15) is 5.26 Å². The Bertz CT molecular complexity index is 2420. The number of fused-ring (bicyclic) bond motifs is 5. The van der Waals surface area contributed by atoms with Crippen molar-refractivity contribution in [3.05, 3.63) is 126 Å². The summed E-state index contributed by atoms with van der Waals surface area (Å²) in [6, 6.07) is 42.5. The van der Waals surface area contributed by atoms with Crippen LogP contribution >= 0.6 is 0 Å². The van der Waals surface area contributed by atoms with Crippen molar-refractivity contribution in [3.63, 3.8) is 0 Å². The second kappa shape index (κ2) is 11.1. The van der Waals surface area contributed by atoms with Gasteiger partial charge in [0.25, 0.3) is 0 Å². The highest BCUT2D eigenvalue weighted by Gasteiger charge is 2.46. The summed E-state index contributed by atoms with van der Waals surface area (Å²) in [5, 5.41) is 16.4. The van der Waals surface area contributed by atoms with Crippen LogP contribution in [0.25, 0.3) is 66.5 Å². The van der Waals surface area contributed by atoms with E-state index in [2.05, 4.69) is 117 Å². The third kappa shape index (κ3) is 4.76. The van der Waals surface area contributed by atoms with Crippen molar-refractivity contribution in [3.8, 4) is 40.2 Å². The van der Waals surface area contributed by atoms with Gasteiger partial charge in [-0.05, 0) is 111 Å². The van der Waals surface area contributed by atoms with E-state index in [0.717, 1.165) is 50.6 Å². The third-order valence-electron chi connectivity index (χ3n) is 11.5. The lowest BCUT2D eigenvalue weighted by Gasteiger charge is -2.42. The van der Waals surface area contributed by atoms with Crippen LogP contribution < -0.4 is 0 Å². The average molecular weight is 621 g/mol. The van der Waals surface area contributed by atoms with Gasteiger partial charge in [-0.15, -0.1) is 0 Å². The van der Waals surface area contributed by atoms with E-state index in [9.17, 15) is 5.26 Å². The molecule has 0 radical (unpaired) electrons. The molecule has 4 nitrogen and oxygen atoms in total. The maximum atomic E-state index is 9.55. The fraction of sp³-hybridized carbons (Fsp3) is 0.227. The topological polar surface area (TPSA) is 62.5 Å². The molecule has 0 spiro atoms. The number of aromatic nitrogens is 3. The zero-order chi connectivity index (χ0) is 32.4. The van der Waals surface area contributed by atoms with Gasteiger partial charge in [0.05, 0.1) is 11.6 Å². The van der Waals surface area contributed by atoms with Gasteiger partial charge in [-0.25, -0.2) is 15.0 Å². The molecule has 4 heteroatoms. The number of hydrogen-bond donors (Lipinski definition) is 0. The summed E-state index contributed by atoms with van der Waals surface area (Å²) in [5.74, 6) is 4.39. The zero-order valence-corrected chi connectivity index (χ0v) is 27.3. The van der Waals surface area contributed by atoms with Gasteiger partial charge in [0.15, 0.2) is 17.5 Å². The molecule has 1 heterocycles. The van der Waals surface area contributed by atoms with Crippen molar-refractivity contribution in [2.75, 3.05) is 0 Å². The maximum Gasteiger partial charge on any atom is 0.164 e. The highest BCUT2D eigenvalue weighted by atomic mass is 15.0. The van der Waals surface area contributed by atoms with Crippen molar-refractivity contribution < 1.29 is 0 Å². The number of rotatable bonds is 4. The lowest BCUT2D eigenvalue weighted by atomic mass is 9.62. The average Bonchev–Trinajstić information content (AvgIpc) is 3.34. The van der Waals surface area contributed by atoms with Crippen molar-refractivity contribution in [1.82, 2.24) is 15.0 Å². The quantitative estimate of drug-likeness (QED) is 0.196. The smallest absolute Gasteiger partial charge is 0.164 e. The predicted octanol–water partition coefficient (Wildman–Crippen LogP) is 10.9. The third-order valence-corrected chi connectivity index (χ3v) is 11.5. The lowest BCUT2D eigenvalue weighted by molar-refractivity contribution is 0.163. The van der Waals surface area contributed by atoms with Gasteiger partial charge in [0.1, 0.15) is 0 Å². The molecular weight excluding hydrogens is 585 g/mol. The Morgan fingerprint density at radius 2 is 1.19 bits per heavy atom. The van der Waals surface area contributed by atoms with Gasteiger partial charge in [0, 0.05) is 16.7 Å². The van der Waals surface area contributed by atoms with Gasteiger partial charge in [-0.3, -0.25) is 0 Å². The monoisotopic (exact) mass is 620 g/mol. The Morgan fingerprint density at radius 3 is 1.90 bits per heavy atom. The first-order valence-corrected chi connectivity index (χ1v) is 17.2. The van der Waals surface area contributed by atoms with E-state index in [4.69, 9.17) is 15.0 Å². The lowest BCUT2D eigenvalue weighted by Crippen LogP contribution is -2.35. The Kier molecular flexibility index (Phi) is 6.66. The van der Waals surface area contributed by atoms with E-state index in [1.54, 1.807) is 0 Å². The Balaban J connectivity index is 1.23. The van der Waals surface area contributed by atoms with Crippen LogP contribution in [0.3, 0.4) is 0 Å². The summed E-state index contributed by atoms with van der Waals surface area (Å²) < 4.78 is 0. The van der Waals surface area contributed by atoms with Crippen molar-refractivity contribution >= 4 is 32.3 Å². The largest absolute Gasteiger partial charge is 0.208 e. The molecule has 48 heavy (non-hydrogen) atoms. The fourth-order valence-corrected chi connectivity index (χ4v) is 8.93. The molecule has 0 saturated heterocycles. The highest BCUT2D eigenvalue weighted by molar-refractivity contribution is 5.98. The summed E-state index contributed by atoms with van der Waals surface area (Å²) in [5.41, 5.74) is 5.11. The first-order chi connectivity index (χ1) is 23.5. The first-order valence-electron chi connectivity index (χ1n) is 17.2. The second-order valence-electron chi connectivity index (χ2n) is 14.4. The molecule has 2 aliphatic carbocycles. The minimum absolute atomic E-state index is 0.157. The van der Waals surface area contributed by atoms with Crippen LogP contribution in [0.15, 0.2) is 115 Å². The Hall–Kier alpha value is -5.40. The van der Waals surface area contributed by atoms with Crippen LogP contribution in [0.5, 0.6) is 0 Å². The number of nitriles is 1. The zero-order valence-electron chi connectivity index (χ0n) is 27.3. The molecule has 2 aliphatic rings. The van der Waals surface area contributed by atoms with Gasteiger partial charge in [-0.1, -0.05) is 105 Å². The van der Waals surface area contributed by atoms with E-state index in [-0.39, 0.29) is 5.41 Å². The number of hydrogen-bond acceptors (Lipinski definition) is 4. The summed E-state index contributed by atoms with van der Waals surface area (Å²) in [4.78, 5) is 15.4. The molecule has 9 rings (SSSR count). The molecule has 0 N–H and O–H groups in total. The van der Waals surface area contributed by atoms with E-state index in [1.807, 2.05) is 18.2 Å². The molecule has 2 saturated carbocycles. The van der Waals surface area contributed by atoms with Gasteiger partial charge in [0.2, 0.25) is 0 Å². The van der Waals surface area contributed by atoms with Crippen LogP contribution in [0.2, 0.25) is 0 Å². The van der Waals surface area contributed by atoms with E-state index < -0.39 is 0 Å². The molecular formula is C44H36N4. The van der Waals surface area contributed by atoms with E-state index in [1.165, 1.54) is 47.4 Å². The second-order valence-corrected chi connectivity index (χ2v) is 14.4. The van der Waals surface area contributed by atoms with Crippen LogP contribution in [0.4, 0.5) is 0 Å². The summed E-state index contributed by atoms with van der Waals surface area (Å²) in [7, 11) is 0. The molecule has 7 aromatic rings. The minimum atomic E-state index is 0.157. The molecule has 2 atom stereocenters. The molecule has 2 unspecified atom stereocenters. The molecule has 0 amide bonds. The van der Waals surface area contributed by atoms with Gasteiger partial charge < -0.3 is 0 Å². The van der Waals surface area contributed by atoms with Crippen molar-refractivity contribution in [2.24, 2.45) is 17.8 Å². The van der Waals surface area contributed by atoms with Crippen molar-refractivity contribution in [1.29, 1.82) is 5.26 Å². The van der Waals surface area contributed by atoms with Crippen LogP contribution in [-0.4, -0.2) is 15.0 Å². The van der Waals surface area contributed by atoms with E-state index >= 15 is 0 Å². The normalized spacial score (nSPS) is 21.9. The van der Waals surface area contributed by atoms with Crippen molar-refractivity contribution in [2.45, 2.75) is 44.9 Å². The Morgan fingerprint density at radius 1 is 0.604 bits per heavy atom. The first kappa shape index (κ1) is 28.8. The maximum absolute atomic E-state index is 9.55. The summed E-state index contributed by atoms with van der Waals surface area (Å²) >= 11 is 0. The molecule has 232 valence electrons. The summed E-state index contributed by atoms with van der Waals surface area (Å²) in [6.07, 6.45) is 5.25. The molecule has 1 aromatic heterocycles. The van der Waals surface area contributed by atoms with Crippen LogP contribution in [0.1, 0.15) is 50.7 Å². The van der Waals surface area contributed by atoms with E-state index in [0.29, 0.717) is 23.0 Å². The van der Waals surface area contributed by atoms with Crippen LogP contribution in [0, 0.1) is 29.1 Å². The van der Waals surface area contributed by atoms with Gasteiger partial charge >= 0.3 is 0 Å². The number of nitrogens with zero attached hydrogens (tertiary/aromatic N) is 4. The van der Waals surface area contributed by atoms with Crippen LogP contribution in [-0.2, 0) is 5.41 Å². The minimum Gasteiger partial charge on any atom is -0.208 e. The molecule has 2 bridgehead atoms. The Labute approximate surface area is 281 Å². The fourth-order valence-electron chi connectivity index (χ4n) is 8.93. The number of benzene rings is 6. The predicted molar refractivity (Wildman–Crippen MR) is 195 cm³/mol. The highest BCUT2D eigenvalue weighted by Crippen LogP contribution is 2.55. The standard InChI is InChI=1S/C44H36N4/c1-27-34-17-18-35(27)25-44(2,24-34)40-20-19-39(37-9-5-6-10-38(37)40)43-47-41(32-15-13-29-7-3-4-8-31(29)22-32)46-42(48-43)33-16-14-30-12-11-28(26-45)21-36(30)23-33/h3-16,19-23,27,34-35H,17-18,24-25H2,1-2H3. The molecule has 6 aromatic carbocycles. The SMILES string of the molecule is CC1C2CCC1CC(C)(c1ccc(-c3nc(-c4ccc5ccccc5c4)nc(-c4ccc5ccc(C#N)cc5c4)n3)c3ccccc13)C2. The molecule has 0 aliphatic heterocycles. The molecule has 2 fully saturated rings. The summed E-state index contributed by atoms with van der Waals surface area (Å²) in [6.45, 7) is 4.98.